The Kier molecular flexibility index (Phi) is 8.24. The van der Waals surface area contributed by atoms with Crippen LogP contribution in [0.25, 0.3) is 0 Å². The number of alkyl carbamates (subject to hydrolysis) is 1. The number of hydrogen-bond acceptors (Lipinski definition) is 5. The second-order valence-electron chi connectivity index (χ2n) is 7.84. The monoisotopic (exact) mass is 414 g/mol. The first-order valence-corrected chi connectivity index (χ1v) is 9.78. The summed E-state index contributed by atoms with van der Waals surface area (Å²) in [5.74, 6) is 0.266. The SMILES string of the molecule is COc1ccc(NC(=O)[C@@H](NC(=O)OC(C)(C)C)[C@@H](C)OCc2ccccc2)cc1. The quantitative estimate of drug-likeness (QED) is 0.678. The summed E-state index contributed by atoms with van der Waals surface area (Å²) in [6.07, 6.45) is -1.29. The smallest absolute Gasteiger partial charge is 0.408 e. The standard InChI is InChI=1S/C23H30N2O5/c1-16(29-15-17-9-7-6-8-10-17)20(25-22(27)30-23(2,3)4)21(26)24-18-11-13-19(28-5)14-12-18/h6-14,16,20H,15H2,1-5H3,(H,24,26)(H,25,27)/t16-,20+/m1/s1. The van der Waals surface area contributed by atoms with Crippen molar-refractivity contribution < 1.29 is 23.8 Å². The van der Waals surface area contributed by atoms with E-state index in [2.05, 4.69) is 10.6 Å². The van der Waals surface area contributed by atoms with Gasteiger partial charge < -0.3 is 24.8 Å². The van der Waals surface area contributed by atoms with E-state index in [0.29, 0.717) is 18.0 Å². The molecule has 2 atom stereocenters. The summed E-state index contributed by atoms with van der Waals surface area (Å²) in [7, 11) is 1.57. The Hall–Kier alpha value is -3.06. The van der Waals surface area contributed by atoms with Gasteiger partial charge in [-0.1, -0.05) is 30.3 Å². The molecule has 0 fully saturated rings. The minimum atomic E-state index is -0.953. The van der Waals surface area contributed by atoms with Crippen LogP contribution in [0, 0.1) is 0 Å². The normalized spacial score (nSPS) is 13.1. The van der Waals surface area contributed by atoms with Gasteiger partial charge in [0.05, 0.1) is 19.8 Å². The number of anilines is 1. The topological polar surface area (TPSA) is 85.9 Å². The molecule has 0 aliphatic carbocycles. The second kappa shape index (κ2) is 10.6. The van der Waals surface area contributed by atoms with Gasteiger partial charge in [0.1, 0.15) is 17.4 Å². The van der Waals surface area contributed by atoms with Crippen molar-refractivity contribution >= 4 is 17.7 Å². The fourth-order valence-electron chi connectivity index (χ4n) is 2.62. The van der Waals surface area contributed by atoms with E-state index in [1.54, 1.807) is 59.1 Å². The average molecular weight is 415 g/mol. The van der Waals surface area contributed by atoms with Gasteiger partial charge in [0.25, 0.3) is 0 Å². The highest BCUT2D eigenvalue weighted by Crippen LogP contribution is 2.16. The van der Waals surface area contributed by atoms with Gasteiger partial charge in [0.2, 0.25) is 5.91 Å². The molecular formula is C23H30N2O5. The van der Waals surface area contributed by atoms with Gasteiger partial charge in [-0.15, -0.1) is 0 Å². The molecule has 0 unspecified atom stereocenters. The zero-order valence-corrected chi connectivity index (χ0v) is 18.1. The third-order valence-electron chi connectivity index (χ3n) is 4.14. The number of hydrogen-bond donors (Lipinski definition) is 2. The largest absolute Gasteiger partial charge is 0.497 e. The molecule has 162 valence electrons. The zero-order valence-electron chi connectivity index (χ0n) is 18.1. The van der Waals surface area contributed by atoms with Crippen LogP contribution in [0.3, 0.4) is 0 Å². The summed E-state index contributed by atoms with van der Waals surface area (Å²) in [5.41, 5.74) is 0.859. The van der Waals surface area contributed by atoms with Crippen LogP contribution in [0.4, 0.5) is 10.5 Å². The molecule has 0 bridgehead atoms. The van der Waals surface area contributed by atoms with Gasteiger partial charge in [0, 0.05) is 5.69 Å². The molecule has 0 spiro atoms. The molecule has 30 heavy (non-hydrogen) atoms. The number of ether oxygens (including phenoxy) is 3. The highest BCUT2D eigenvalue weighted by Gasteiger charge is 2.30. The summed E-state index contributed by atoms with van der Waals surface area (Å²) in [4.78, 5) is 25.2. The molecular weight excluding hydrogens is 384 g/mol. The first-order chi connectivity index (χ1) is 14.2. The summed E-state index contributed by atoms with van der Waals surface area (Å²) < 4.78 is 16.3. The summed E-state index contributed by atoms with van der Waals surface area (Å²) in [6.45, 7) is 7.32. The van der Waals surface area contributed by atoms with Crippen molar-refractivity contribution in [1.82, 2.24) is 5.32 Å². The number of methoxy groups -OCH3 is 1. The predicted molar refractivity (Wildman–Crippen MR) is 115 cm³/mol. The maximum absolute atomic E-state index is 12.9. The minimum absolute atomic E-state index is 0.310. The summed E-state index contributed by atoms with van der Waals surface area (Å²) in [5, 5.41) is 5.43. The van der Waals surface area contributed by atoms with Crippen molar-refractivity contribution in [2.45, 2.75) is 52.0 Å². The van der Waals surface area contributed by atoms with Crippen LogP contribution in [0.2, 0.25) is 0 Å². The molecule has 2 aromatic carbocycles. The predicted octanol–water partition coefficient (Wildman–Crippen LogP) is 4.13. The van der Waals surface area contributed by atoms with Gasteiger partial charge in [-0.3, -0.25) is 4.79 Å². The highest BCUT2D eigenvalue weighted by molar-refractivity contribution is 5.97. The van der Waals surface area contributed by atoms with Crippen LogP contribution >= 0.6 is 0 Å². The van der Waals surface area contributed by atoms with Gasteiger partial charge in [-0.2, -0.15) is 0 Å². The fraction of sp³-hybridized carbons (Fsp3) is 0.391. The molecule has 0 saturated carbocycles. The van der Waals surface area contributed by atoms with E-state index < -0.39 is 29.7 Å². The van der Waals surface area contributed by atoms with Gasteiger partial charge in [0.15, 0.2) is 0 Å². The first-order valence-electron chi connectivity index (χ1n) is 9.78. The Morgan fingerprint density at radius 1 is 1.00 bits per heavy atom. The first kappa shape index (κ1) is 23.2. The Labute approximate surface area is 177 Å². The Morgan fingerprint density at radius 2 is 1.63 bits per heavy atom. The number of carbonyl (C=O) groups is 2. The van der Waals surface area contributed by atoms with E-state index in [-0.39, 0.29) is 0 Å². The Morgan fingerprint density at radius 3 is 2.20 bits per heavy atom. The third-order valence-corrected chi connectivity index (χ3v) is 4.14. The van der Waals surface area contributed by atoms with Crippen LogP contribution in [-0.2, 0) is 20.9 Å². The lowest BCUT2D eigenvalue weighted by atomic mass is 10.1. The van der Waals surface area contributed by atoms with Crippen LogP contribution < -0.4 is 15.4 Å². The van der Waals surface area contributed by atoms with Gasteiger partial charge in [-0.05, 0) is 57.5 Å². The maximum atomic E-state index is 12.9. The highest BCUT2D eigenvalue weighted by atomic mass is 16.6. The maximum Gasteiger partial charge on any atom is 0.408 e. The Balaban J connectivity index is 2.09. The lowest BCUT2D eigenvalue weighted by molar-refractivity contribution is -0.122. The van der Waals surface area contributed by atoms with E-state index in [4.69, 9.17) is 14.2 Å². The second-order valence-corrected chi connectivity index (χ2v) is 7.84. The van der Waals surface area contributed by atoms with Crippen LogP contribution in [-0.4, -0.2) is 36.9 Å². The van der Waals surface area contributed by atoms with Crippen LogP contribution in [0.1, 0.15) is 33.3 Å². The third kappa shape index (κ3) is 7.75. The zero-order chi connectivity index (χ0) is 22.1. The summed E-state index contributed by atoms with van der Waals surface area (Å²) in [6, 6.07) is 15.6. The van der Waals surface area contributed by atoms with Gasteiger partial charge in [-0.25, -0.2) is 4.79 Å². The average Bonchev–Trinajstić information content (AvgIpc) is 2.70. The fourth-order valence-corrected chi connectivity index (χ4v) is 2.62. The molecule has 0 aromatic heterocycles. The molecule has 7 nitrogen and oxygen atoms in total. The molecule has 2 amide bonds. The van der Waals surface area contributed by atoms with E-state index in [9.17, 15) is 9.59 Å². The summed E-state index contributed by atoms with van der Waals surface area (Å²) >= 11 is 0. The minimum Gasteiger partial charge on any atom is -0.497 e. The van der Waals surface area contributed by atoms with Crippen molar-refractivity contribution in [2.75, 3.05) is 12.4 Å². The molecule has 7 heteroatoms. The molecule has 0 aliphatic heterocycles. The lowest BCUT2D eigenvalue weighted by Gasteiger charge is -2.27. The van der Waals surface area contributed by atoms with E-state index in [1.807, 2.05) is 30.3 Å². The van der Waals surface area contributed by atoms with Crippen molar-refractivity contribution in [3.8, 4) is 5.75 Å². The van der Waals surface area contributed by atoms with Gasteiger partial charge >= 0.3 is 6.09 Å². The van der Waals surface area contributed by atoms with Crippen molar-refractivity contribution in [1.29, 1.82) is 0 Å². The van der Waals surface area contributed by atoms with Crippen LogP contribution in [0.5, 0.6) is 5.75 Å². The molecule has 0 aliphatic rings. The van der Waals surface area contributed by atoms with Crippen molar-refractivity contribution in [2.24, 2.45) is 0 Å². The van der Waals surface area contributed by atoms with E-state index in [0.717, 1.165) is 5.56 Å². The number of benzene rings is 2. The number of nitrogens with one attached hydrogen (secondary N) is 2. The molecule has 0 saturated heterocycles. The molecule has 2 rings (SSSR count). The number of carbonyl (C=O) groups excluding carboxylic acids is 2. The lowest BCUT2D eigenvalue weighted by Crippen LogP contribution is -2.52. The van der Waals surface area contributed by atoms with Crippen LogP contribution in [0.15, 0.2) is 54.6 Å². The molecule has 0 radical (unpaired) electrons. The van der Waals surface area contributed by atoms with E-state index in [1.165, 1.54) is 0 Å². The Bertz CT molecular complexity index is 816. The number of amides is 2. The number of rotatable bonds is 8. The van der Waals surface area contributed by atoms with Crippen molar-refractivity contribution in [3.05, 3.63) is 60.2 Å². The molecule has 2 N–H and O–H groups in total. The van der Waals surface area contributed by atoms with E-state index >= 15 is 0 Å². The molecule has 0 heterocycles. The molecule has 2 aromatic rings. The van der Waals surface area contributed by atoms with Crippen molar-refractivity contribution in [3.63, 3.8) is 0 Å².